The first kappa shape index (κ1) is 19.2. The van der Waals surface area contributed by atoms with Crippen LogP contribution in [0.25, 0.3) is 11.1 Å². The molecule has 2 aromatic carbocycles. The number of hydrogen-bond acceptors (Lipinski definition) is 7. The predicted octanol–water partition coefficient (Wildman–Crippen LogP) is 3.45. The van der Waals surface area contributed by atoms with E-state index in [4.69, 9.17) is 20.9 Å². The van der Waals surface area contributed by atoms with E-state index < -0.39 is 55.6 Å². The number of aromatic nitrogens is 1. The maximum absolute atomic E-state index is 14.3. The van der Waals surface area contributed by atoms with E-state index in [-0.39, 0.29) is 22.4 Å². The molecule has 0 atom stereocenters. The normalized spacial score (nSPS) is 15.2. The Labute approximate surface area is 166 Å². The predicted molar refractivity (Wildman–Crippen MR) is 94.9 cm³/mol. The molecule has 0 saturated heterocycles. The summed E-state index contributed by atoms with van der Waals surface area (Å²) in [6, 6.07) is 3.18. The Morgan fingerprint density at radius 1 is 1.14 bits per heavy atom. The fourth-order valence-electron chi connectivity index (χ4n) is 2.73. The number of esters is 1. The van der Waals surface area contributed by atoms with E-state index in [1.807, 2.05) is 4.72 Å². The van der Waals surface area contributed by atoms with Crippen LogP contribution in [-0.4, -0.2) is 24.7 Å². The minimum atomic E-state index is -4.63. The first-order valence-electron chi connectivity index (χ1n) is 7.82. The maximum Gasteiger partial charge on any atom is 0.338 e. The van der Waals surface area contributed by atoms with E-state index in [1.54, 1.807) is 0 Å². The highest BCUT2D eigenvalue weighted by Crippen LogP contribution is 2.36. The van der Waals surface area contributed by atoms with Crippen molar-refractivity contribution >= 4 is 33.3 Å². The van der Waals surface area contributed by atoms with Crippen LogP contribution in [0.2, 0.25) is 5.02 Å². The highest BCUT2D eigenvalue weighted by Gasteiger charge is 2.27. The Hall–Kier alpha value is -3.18. The van der Waals surface area contributed by atoms with Crippen molar-refractivity contribution in [3.8, 4) is 16.9 Å². The molecule has 0 fully saturated rings. The van der Waals surface area contributed by atoms with Gasteiger partial charge < -0.3 is 14.4 Å². The highest BCUT2D eigenvalue weighted by molar-refractivity contribution is 7.92. The molecule has 0 amide bonds. The zero-order valence-corrected chi connectivity index (χ0v) is 15.6. The molecule has 4 bridgehead atoms. The van der Waals surface area contributed by atoms with Crippen molar-refractivity contribution in [3.63, 3.8) is 0 Å². The van der Waals surface area contributed by atoms with Crippen LogP contribution in [0.4, 0.5) is 14.5 Å². The van der Waals surface area contributed by atoms with Crippen molar-refractivity contribution < 1.29 is 36.4 Å². The van der Waals surface area contributed by atoms with Gasteiger partial charge in [-0.2, -0.15) is 0 Å². The molecule has 12 heteroatoms. The monoisotopic (exact) mass is 442 g/mol. The second-order valence-electron chi connectivity index (χ2n) is 5.97. The van der Waals surface area contributed by atoms with Crippen LogP contribution in [0.5, 0.6) is 5.75 Å². The molecular formula is C17H9ClF2N2O6S. The molecule has 29 heavy (non-hydrogen) atoms. The summed E-state index contributed by atoms with van der Waals surface area (Å²) < 4.78 is 65.8. The molecule has 1 aliphatic heterocycles. The van der Waals surface area contributed by atoms with Crippen molar-refractivity contribution in [2.45, 2.75) is 11.5 Å². The van der Waals surface area contributed by atoms with Gasteiger partial charge in [-0.25, -0.2) is 22.0 Å². The second kappa shape index (κ2) is 6.71. The van der Waals surface area contributed by atoms with Gasteiger partial charge in [-0.05, 0) is 18.2 Å². The number of nitrogens with zero attached hydrogens (tertiary/aromatic N) is 1. The van der Waals surface area contributed by atoms with Gasteiger partial charge in [-0.3, -0.25) is 4.72 Å². The van der Waals surface area contributed by atoms with Crippen LogP contribution in [0.15, 0.2) is 39.9 Å². The Morgan fingerprint density at radius 3 is 2.66 bits per heavy atom. The molecule has 2 heterocycles. The molecule has 4 rings (SSSR count). The molecule has 0 unspecified atom stereocenters. The van der Waals surface area contributed by atoms with Crippen molar-refractivity contribution in [1.82, 2.24) is 5.16 Å². The lowest BCUT2D eigenvalue weighted by atomic mass is 10.1. The summed E-state index contributed by atoms with van der Waals surface area (Å²) in [6.07, 6.45) is 1.04. The molecule has 1 aliphatic rings. The smallest absolute Gasteiger partial charge is 0.338 e. The van der Waals surface area contributed by atoms with Crippen LogP contribution in [0.3, 0.4) is 0 Å². The number of ether oxygens (including phenoxy) is 1. The van der Waals surface area contributed by atoms with E-state index >= 15 is 0 Å². The second-order valence-corrected chi connectivity index (χ2v) is 8.03. The quantitative estimate of drug-likeness (QED) is 0.512. The molecule has 150 valence electrons. The van der Waals surface area contributed by atoms with Crippen molar-refractivity contribution in [3.05, 3.63) is 58.4 Å². The zero-order chi connectivity index (χ0) is 20.9. The Kier molecular flexibility index (Phi) is 4.43. The lowest BCUT2D eigenvalue weighted by molar-refractivity contribution is 0.0464. The molecule has 0 saturated carbocycles. The van der Waals surface area contributed by atoms with Gasteiger partial charge in [-0.1, -0.05) is 16.8 Å². The third kappa shape index (κ3) is 3.28. The largest absolute Gasteiger partial charge is 0.505 e. The lowest BCUT2D eigenvalue weighted by Gasteiger charge is -2.13. The minimum Gasteiger partial charge on any atom is -0.505 e. The number of cyclic esters (lactones) is 1. The number of aromatic hydroxyl groups is 1. The molecule has 0 radical (unpaired) electrons. The average Bonchev–Trinajstić information content (AvgIpc) is 3.11. The third-order valence-electron chi connectivity index (χ3n) is 4.13. The Balaban J connectivity index is 2.00. The summed E-state index contributed by atoms with van der Waals surface area (Å²) in [6.45, 7) is -0.454. The van der Waals surface area contributed by atoms with Gasteiger partial charge in [0.05, 0.1) is 21.8 Å². The van der Waals surface area contributed by atoms with E-state index in [1.165, 1.54) is 0 Å². The summed E-state index contributed by atoms with van der Waals surface area (Å²) in [5, 5.41) is 13.2. The highest BCUT2D eigenvalue weighted by atomic mass is 35.5. The van der Waals surface area contributed by atoms with Crippen molar-refractivity contribution in [1.29, 1.82) is 0 Å². The zero-order valence-electron chi connectivity index (χ0n) is 14.1. The molecule has 1 aromatic heterocycles. The van der Waals surface area contributed by atoms with Gasteiger partial charge in [0, 0.05) is 11.6 Å². The molecule has 0 spiro atoms. The van der Waals surface area contributed by atoms with Gasteiger partial charge in [0.2, 0.25) is 0 Å². The summed E-state index contributed by atoms with van der Waals surface area (Å²) in [7, 11) is -4.63. The van der Waals surface area contributed by atoms with Gasteiger partial charge >= 0.3 is 5.97 Å². The van der Waals surface area contributed by atoms with Crippen molar-refractivity contribution in [2.75, 3.05) is 4.72 Å². The SMILES string of the molecule is O=C1OCc2nocc2-c2cc(c(F)cc2F)NS(=O)(=O)c2cc1cc(Cl)c2O. The average molecular weight is 443 g/mol. The number of anilines is 1. The van der Waals surface area contributed by atoms with E-state index in [9.17, 15) is 27.1 Å². The number of carbonyl (C=O) groups excluding carboxylic acids is 1. The number of rotatable bonds is 0. The topological polar surface area (TPSA) is 119 Å². The number of nitrogens with one attached hydrogen (secondary N) is 1. The summed E-state index contributed by atoms with van der Waals surface area (Å²) in [4.78, 5) is 11.5. The number of sulfonamides is 1. The molecule has 2 N–H and O–H groups in total. The van der Waals surface area contributed by atoms with Crippen LogP contribution in [0, 0.1) is 11.6 Å². The Bertz CT molecular complexity index is 1280. The van der Waals surface area contributed by atoms with Crippen molar-refractivity contribution in [2.24, 2.45) is 0 Å². The minimum absolute atomic E-state index is 0.0158. The van der Waals surface area contributed by atoms with E-state index in [2.05, 4.69) is 5.16 Å². The first-order valence-corrected chi connectivity index (χ1v) is 9.68. The summed E-state index contributed by atoms with van der Waals surface area (Å²) >= 11 is 5.83. The summed E-state index contributed by atoms with van der Waals surface area (Å²) in [5.74, 6) is -4.08. The number of benzene rings is 2. The number of halogens is 3. The van der Waals surface area contributed by atoms with Crippen LogP contribution < -0.4 is 4.72 Å². The molecule has 8 nitrogen and oxygen atoms in total. The number of carbonyl (C=O) groups is 1. The number of fused-ring (bicyclic) bond motifs is 6. The lowest BCUT2D eigenvalue weighted by Crippen LogP contribution is -2.15. The standard InChI is InChI=1S/C17H9ClF2N2O6S/c18-10-1-7-2-15(16(10)23)29(25,26)22-13-3-8(11(19)4-12(13)20)9-5-28-21-14(9)6-27-17(7)24/h1-5,22-23H,6H2. The van der Waals surface area contributed by atoms with Gasteiger partial charge in [-0.15, -0.1) is 0 Å². The fourth-order valence-corrected chi connectivity index (χ4v) is 4.21. The third-order valence-corrected chi connectivity index (χ3v) is 5.80. The van der Waals surface area contributed by atoms with Crippen LogP contribution in [0.1, 0.15) is 16.1 Å². The van der Waals surface area contributed by atoms with E-state index in [0.29, 0.717) is 6.07 Å². The first-order chi connectivity index (χ1) is 13.7. The van der Waals surface area contributed by atoms with Crippen LogP contribution in [-0.2, 0) is 21.4 Å². The fraction of sp³-hybridized carbons (Fsp3) is 0.0588. The maximum atomic E-state index is 14.3. The van der Waals surface area contributed by atoms with Crippen LogP contribution >= 0.6 is 11.6 Å². The van der Waals surface area contributed by atoms with Gasteiger partial charge in [0.25, 0.3) is 10.0 Å². The number of phenols is 1. The van der Waals surface area contributed by atoms with E-state index in [0.717, 1.165) is 24.5 Å². The Morgan fingerprint density at radius 2 is 1.90 bits per heavy atom. The van der Waals surface area contributed by atoms with Gasteiger partial charge in [0.1, 0.15) is 35.1 Å². The molecule has 0 aliphatic carbocycles. The number of phenolic OH excluding ortho intramolecular Hbond substituents is 1. The summed E-state index contributed by atoms with van der Waals surface area (Å²) in [5.41, 5.74) is -1.11. The van der Waals surface area contributed by atoms with Gasteiger partial charge in [0.15, 0.2) is 5.75 Å². The molecule has 3 aromatic rings. The molecular weight excluding hydrogens is 434 g/mol. The number of hydrogen-bond donors (Lipinski definition) is 2.